The molecule has 0 aromatic carbocycles. The summed E-state index contributed by atoms with van der Waals surface area (Å²) in [5, 5.41) is 17.9. The molecule has 18 heavy (non-hydrogen) atoms. The van der Waals surface area contributed by atoms with Gasteiger partial charge >= 0.3 is 5.97 Å². The number of carboxylic acid groups (broad SMARTS) is 1. The van der Waals surface area contributed by atoms with Crippen LogP contribution in [-0.4, -0.2) is 45.8 Å². The third-order valence-electron chi connectivity index (χ3n) is 3.27. The highest BCUT2D eigenvalue weighted by atomic mass is 16.4. The van der Waals surface area contributed by atoms with Gasteiger partial charge < -0.3 is 15.1 Å². The number of nitrogens with zero attached hydrogens (tertiary/aromatic N) is 3. The maximum absolute atomic E-state index is 10.7. The van der Waals surface area contributed by atoms with Gasteiger partial charge in [-0.1, -0.05) is 0 Å². The molecule has 0 bridgehead atoms. The van der Waals surface area contributed by atoms with Crippen LogP contribution in [0.1, 0.15) is 29.6 Å². The lowest BCUT2D eigenvalue weighted by Crippen LogP contribution is -2.26. The summed E-state index contributed by atoms with van der Waals surface area (Å²) in [5.74, 6) is -0.0929. The highest BCUT2D eigenvalue weighted by Gasteiger charge is 2.18. The van der Waals surface area contributed by atoms with E-state index in [-0.39, 0.29) is 12.2 Å². The Bertz CT molecular complexity index is 408. The molecule has 6 heteroatoms. The zero-order valence-electron chi connectivity index (χ0n) is 10.1. The molecule has 98 valence electrons. The first kappa shape index (κ1) is 12.8. The molecule has 0 spiro atoms. The lowest BCUT2D eigenvalue weighted by Gasteiger charge is -2.20. The zero-order valence-corrected chi connectivity index (χ0v) is 10.1. The van der Waals surface area contributed by atoms with Crippen molar-refractivity contribution in [3.05, 3.63) is 18.0 Å². The average molecular weight is 251 g/mol. The minimum absolute atomic E-state index is 0.0989. The average Bonchev–Trinajstić information content (AvgIpc) is 2.64. The molecular formula is C12H17N3O3. The van der Waals surface area contributed by atoms with Crippen molar-refractivity contribution in [2.24, 2.45) is 5.92 Å². The normalized spacial score (nSPS) is 20.5. The van der Waals surface area contributed by atoms with Crippen LogP contribution in [0.25, 0.3) is 0 Å². The van der Waals surface area contributed by atoms with Gasteiger partial charge in [0.1, 0.15) is 0 Å². The number of hydrogen-bond donors (Lipinski definition) is 2. The van der Waals surface area contributed by atoms with Crippen LogP contribution < -0.4 is 4.90 Å². The molecule has 1 aromatic heterocycles. The van der Waals surface area contributed by atoms with Gasteiger partial charge in [-0.25, -0.2) is 14.8 Å². The zero-order chi connectivity index (χ0) is 13.0. The lowest BCUT2D eigenvalue weighted by molar-refractivity contribution is 0.0696. The first-order valence-corrected chi connectivity index (χ1v) is 6.12. The summed E-state index contributed by atoms with van der Waals surface area (Å²) in [6, 6.07) is 0. The predicted octanol–water partition coefficient (Wildman–Crippen LogP) is 0.774. The van der Waals surface area contributed by atoms with E-state index < -0.39 is 5.97 Å². The van der Waals surface area contributed by atoms with Crippen LogP contribution in [0.3, 0.4) is 0 Å². The Hall–Kier alpha value is -1.69. The fourth-order valence-corrected chi connectivity index (χ4v) is 2.14. The van der Waals surface area contributed by atoms with Crippen LogP contribution in [0.15, 0.2) is 12.4 Å². The van der Waals surface area contributed by atoms with Gasteiger partial charge in [0.05, 0.1) is 5.56 Å². The van der Waals surface area contributed by atoms with E-state index in [1.807, 2.05) is 4.90 Å². The number of aliphatic hydroxyl groups excluding tert-OH is 1. The summed E-state index contributed by atoms with van der Waals surface area (Å²) in [7, 11) is 0. The Labute approximate surface area is 105 Å². The van der Waals surface area contributed by atoms with E-state index in [0.717, 1.165) is 32.4 Å². The van der Waals surface area contributed by atoms with Gasteiger partial charge in [0.25, 0.3) is 0 Å². The summed E-state index contributed by atoms with van der Waals surface area (Å²) in [6.45, 7) is 1.88. The third kappa shape index (κ3) is 2.95. The highest BCUT2D eigenvalue weighted by molar-refractivity contribution is 5.86. The summed E-state index contributed by atoms with van der Waals surface area (Å²) >= 11 is 0. The lowest BCUT2D eigenvalue weighted by atomic mass is 10.0. The molecule has 1 fully saturated rings. The Morgan fingerprint density at radius 3 is 2.67 bits per heavy atom. The minimum atomic E-state index is -1.02. The smallest absolute Gasteiger partial charge is 0.338 e. The van der Waals surface area contributed by atoms with Crippen molar-refractivity contribution < 1.29 is 15.0 Å². The number of aliphatic hydroxyl groups is 1. The summed E-state index contributed by atoms with van der Waals surface area (Å²) in [6.07, 6.45) is 5.59. The Balaban J connectivity index is 2.04. The van der Waals surface area contributed by atoms with Crippen molar-refractivity contribution in [1.82, 2.24) is 9.97 Å². The van der Waals surface area contributed by atoms with Crippen molar-refractivity contribution in [1.29, 1.82) is 0 Å². The van der Waals surface area contributed by atoms with Crippen LogP contribution in [0.5, 0.6) is 0 Å². The van der Waals surface area contributed by atoms with E-state index in [0.29, 0.717) is 11.9 Å². The number of carboxylic acids is 1. The van der Waals surface area contributed by atoms with Crippen molar-refractivity contribution >= 4 is 11.9 Å². The molecule has 2 N–H and O–H groups in total. The molecule has 6 nitrogen and oxygen atoms in total. The van der Waals surface area contributed by atoms with Crippen molar-refractivity contribution in [2.45, 2.75) is 19.3 Å². The van der Waals surface area contributed by atoms with Crippen molar-refractivity contribution in [2.75, 3.05) is 24.6 Å². The van der Waals surface area contributed by atoms with Crippen LogP contribution in [-0.2, 0) is 0 Å². The van der Waals surface area contributed by atoms with Gasteiger partial charge in [-0.15, -0.1) is 0 Å². The van der Waals surface area contributed by atoms with Crippen molar-refractivity contribution in [3.63, 3.8) is 0 Å². The molecule has 1 aliphatic rings. The monoisotopic (exact) mass is 251 g/mol. The molecule has 1 saturated heterocycles. The Kier molecular flexibility index (Phi) is 4.09. The first-order chi connectivity index (χ1) is 8.70. The molecular weight excluding hydrogens is 234 g/mol. The number of hydrogen-bond acceptors (Lipinski definition) is 5. The highest BCUT2D eigenvalue weighted by Crippen LogP contribution is 2.19. The van der Waals surface area contributed by atoms with Crippen LogP contribution in [0.4, 0.5) is 5.95 Å². The van der Waals surface area contributed by atoms with Gasteiger partial charge in [0, 0.05) is 32.1 Å². The van der Waals surface area contributed by atoms with Crippen LogP contribution in [0, 0.1) is 5.92 Å². The number of carbonyl (C=O) groups is 1. The maximum Gasteiger partial charge on any atom is 0.338 e. The Morgan fingerprint density at radius 2 is 2.06 bits per heavy atom. The second-order valence-corrected chi connectivity index (χ2v) is 4.54. The van der Waals surface area contributed by atoms with E-state index in [2.05, 4.69) is 9.97 Å². The SMILES string of the molecule is O=C(O)c1cnc(N2CCCC(CO)CC2)nc1. The van der Waals surface area contributed by atoms with Crippen molar-refractivity contribution in [3.8, 4) is 0 Å². The number of aromatic nitrogens is 2. The van der Waals surface area contributed by atoms with Gasteiger partial charge in [0.15, 0.2) is 0 Å². The van der Waals surface area contributed by atoms with Gasteiger partial charge in [-0.05, 0) is 25.2 Å². The second kappa shape index (κ2) is 5.77. The number of anilines is 1. The quantitative estimate of drug-likeness (QED) is 0.825. The molecule has 2 rings (SSSR count). The molecule has 0 radical (unpaired) electrons. The van der Waals surface area contributed by atoms with Gasteiger partial charge in [0.2, 0.25) is 5.95 Å². The fraction of sp³-hybridized carbons (Fsp3) is 0.583. The van der Waals surface area contributed by atoms with E-state index in [9.17, 15) is 4.79 Å². The molecule has 1 atom stereocenters. The summed E-state index contributed by atoms with van der Waals surface area (Å²) in [4.78, 5) is 20.9. The van der Waals surface area contributed by atoms with Gasteiger partial charge in [-0.3, -0.25) is 0 Å². The predicted molar refractivity (Wildman–Crippen MR) is 65.6 cm³/mol. The largest absolute Gasteiger partial charge is 0.478 e. The van der Waals surface area contributed by atoms with Crippen LogP contribution >= 0.6 is 0 Å². The number of rotatable bonds is 3. The molecule has 1 aliphatic heterocycles. The molecule has 0 saturated carbocycles. The molecule has 0 amide bonds. The molecule has 1 aromatic rings. The minimum Gasteiger partial charge on any atom is -0.478 e. The Morgan fingerprint density at radius 1 is 1.33 bits per heavy atom. The summed E-state index contributed by atoms with van der Waals surface area (Å²) in [5.41, 5.74) is 0.0989. The van der Waals surface area contributed by atoms with E-state index in [1.165, 1.54) is 12.4 Å². The van der Waals surface area contributed by atoms with E-state index >= 15 is 0 Å². The molecule has 2 heterocycles. The third-order valence-corrected chi connectivity index (χ3v) is 3.27. The van der Waals surface area contributed by atoms with Crippen LogP contribution in [0.2, 0.25) is 0 Å². The summed E-state index contributed by atoms with van der Waals surface area (Å²) < 4.78 is 0. The van der Waals surface area contributed by atoms with Gasteiger partial charge in [-0.2, -0.15) is 0 Å². The van der Waals surface area contributed by atoms with E-state index in [1.54, 1.807) is 0 Å². The fourth-order valence-electron chi connectivity index (χ4n) is 2.14. The molecule has 1 unspecified atom stereocenters. The number of aromatic carboxylic acids is 1. The topological polar surface area (TPSA) is 86.5 Å². The standard InChI is InChI=1S/C12H17N3O3/c16-8-9-2-1-4-15(5-3-9)12-13-6-10(7-14-12)11(17)18/h6-7,9,16H,1-5,8H2,(H,17,18). The molecule has 0 aliphatic carbocycles. The van der Waals surface area contributed by atoms with E-state index in [4.69, 9.17) is 10.2 Å². The second-order valence-electron chi connectivity index (χ2n) is 4.54. The maximum atomic E-state index is 10.7. The first-order valence-electron chi connectivity index (χ1n) is 6.12.